The van der Waals surface area contributed by atoms with Crippen LogP contribution in [0.4, 0.5) is 0 Å². The molecule has 2 fully saturated rings. The van der Waals surface area contributed by atoms with Crippen LogP contribution in [0.1, 0.15) is 36.7 Å². The first kappa shape index (κ1) is 18.1. The molecule has 0 atom stereocenters. The van der Waals surface area contributed by atoms with Crippen molar-refractivity contribution in [1.29, 1.82) is 0 Å². The van der Waals surface area contributed by atoms with Gasteiger partial charge in [-0.15, -0.1) is 0 Å². The average Bonchev–Trinajstić information content (AvgIpc) is 3.20. The summed E-state index contributed by atoms with van der Waals surface area (Å²) in [6.07, 6.45) is 3.89. The van der Waals surface area contributed by atoms with Gasteiger partial charge < -0.3 is 14.2 Å². The van der Waals surface area contributed by atoms with Crippen LogP contribution in [0.3, 0.4) is 0 Å². The number of amides is 1. The molecule has 2 aliphatic rings. The molecular weight excluding hydrogens is 348 g/mol. The lowest BCUT2D eigenvalue weighted by Gasteiger charge is -2.40. The summed E-state index contributed by atoms with van der Waals surface area (Å²) in [6.45, 7) is 5.98. The number of aromatic nitrogens is 4. The van der Waals surface area contributed by atoms with E-state index in [4.69, 9.17) is 9.26 Å². The summed E-state index contributed by atoms with van der Waals surface area (Å²) < 4.78 is 13.1. The van der Waals surface area contributed by atoms with Gasteiger partial charge in [0.1, 0.15) is 0 Å². The SMILES string of the molecule is Cc1nc(CN2CCC3(CC2)CC(=O)N(Cc2ccnn2C)CCO3)no1. The molecule has 4 rings (SSSR count). The Morgan fingerprint density at radius 3 is 2.70 bits per heavy atom. The summed E-state index contributed by atoms with van der Waals surface area (Å²) in [6, 6.07) is 1.95. The van der Waals surface area contributed by atoms with Crippen molar-refractivity contribution in [2.75, 3.05) is 26.2 Å². The Balaban J connectivity index is 1.34. The number of carbonyl (C=O) groups is 1. The van der Waals surface area contributed by atoms with Crippen molar-refractivity contribution in [3.63, 3.8) is 0 Å². The highest BCUT2D eigenvalue weighted by molar-refractivity contribution is 5.77. The molecule has 0 bridgehead atoms. The number of piperidine rings is 1. The van der Waals surface area contributed by atoms with Gasteiger partial charge in [0.25, 0.3) is 0 Å². The number of rotatable bonds is 4. The van der Waals surface area contributed by atoms with E-state index in [-0.39, 0.29) is 11.5 Å². The molecule has 1 amide bonds. The van der Waals surface area contributed by atoms with Crippen LogP contribution >= 0.6 is 0 Å². The number of ether oxygens (including phenoxy) is 1. The molecule has 2 aliphatic heterocycles. The van der Waals surface area contributed by atoms with Crippen molar-refractivity contribution in [3.05, 3.63) is 29.7 Å². The molecule has 2 saturated heterocycles. The molecule has 0 N–H and O–H groups in total. The lowest BCUT2D eigenvalue weighted by Crippen LogP contribution is -2.47. The molecule has 146 valence electrons. The minimum absolute atomic E-state index is 0.163. The van der Waals surface area contributed by atoms with Crippen molar-refractivity contribution < 1.29 is 14.1 Å². The molecule has 0 saturated carbocycles. The Morgan fingerprint density at radius 2 is 2.04 bits per heavy atom. The molecule has 0 aliphatic carbocycles. The Labute approximate surface area is 158 Å². The Morgan fingerprint density at radius 1 is 1.22 bits per heavy atom. The first-order chi connectivity index (χ1) is 13.0. The molecule has 9 heteroatoms. The summed E-state index contributed by atoms with van der Waals surface area (Å²) in [4.78, 5) is 21.3. The molecule has 0 unspecified atom stereocenters. The number of hydrogen-bond donors (Lipinski definition) is 0. The van der Waals surface area contributed by atoms with Gasteiger partial charge in [-0.05, 0) is 18.9 Å². The Bertz CT molecular complexity index is 793. The van der Waals surface area contributed by atoms with Gasteiger partial charge >= 0.3 is 0 Å². The molecule has 2 aromatic heterocycles. The van der Waals surface area contributed by atoms with Gasteiger partial charge in [0.05, 0.1) is 37.4 Å². The van der Waals surface area contributed by atoms with E-state index in [9.17, 15) is 4.79 Å². The van der Waals surface area contributed by atoms with Gasteiger partial charge in [0, 0.05) is 39.8 Å². The molecule has 27 heavy (non-hydrogen) atoms. The van der Waals surface area contributed by atoms with E-state index in [2.05, 4.69) is 20.1 Å². The number of carbonyl (C=O) groups excluding carboxylic acids is 1. The van der Waals surface area contributed by atoms with E-state index in [1.54, 1.807) is 13.1 Å². The van der Waals surface area contributed by atoms with Gasteiger partial charge in [-0.3, -0.25) is 14.4 Å². The predicted molar refractivity (Wildman–Crippen MR) is 95.5 cm³/mol. The lowest BCUT2D eigenvalue weighted by atomic mass is 9.87. The van der Waals surface area contributed by atoms with Crippen LogP contribution in [-0.2, 0) is 29.7 Å². The maximum atomic E-state index is 12.9. The zero-order chi connectivity index (χ0) is 18.9. The summed E-state index contributed by atoms with van der Waals surface area (Å²) in [7, 11) is 1.90. The van der Waals surface area contributed by atoms with Crippen LogP contribution < -0.4 is 0 Å². The third kappa shape index (κ3) is 4.03. The van der Waals surface area contributed by atoms with Crippen LogP contribution in [0.15, 0.2) is 16.8 Å². The average molecular weight is 374 g/mol. The third-order valence-electron chi connectivity index (χ3n) is 5.57. The zero-order valence-electron chi connectivity index (χ0n) is 15.9. The van der Waals surface area contributed by atoms with E-state index in [1.807, 2.05) is 22.7 Å². The minimum atomic E-state index is -0.345. The maximum Gasteiger partial charge on any atom is 0.225 e. The first-order valence-corrected chi connectivity index (χ1v) is 9.43. The van der Waals surface area contributed by atoms with Crippen LogP contribution in [0.2, 0.25) is 0 Å². The van der Waals surface area contributed by atoms with Crippen molar-refractivity contribution in [3.8, 4) is 0 Å². The third-order valence-corrected chi connectivity index (χ3v) is 5.57. The number of nitrogens with zero attached hydrogens (tertiary/aromatic N) is 6. The Hall–Kier alpha value is -2.26. The van der Waals surface area contributed by atoms with E-state index in [1.165, 1.54) is 0 Å². The lowest BCUT2D eigenvalue weighted by molar-refractivity contribution is -0.136. The van der Waals surface area contributed by atoms with Gasteiger partial charge in [0.2, 0.25) is 11.8 Å². The smallest absolute Gasteiger partial charge is 0.225 e. The molecule has 0 aromatic carbocycles. The van der Waals surface area contributed by atoms with Crippen LogP contribution in [-0.4, -0.2) is 67.5 Å². The second-order valence-corrected chi connectivity index (χ2v) is 7.48. The van der Waals surface area contributed by atoms with E-state index >= 15 is 0 Å². The van der Waals surface area contributed by atoms with E-state index < -0.39 is 0 Å². The van der Waals surface area contributed by atoms with Gasteiger partial charge in [-0.2, -0.15) is 10.1 Å². The quantitative estimate of drug-likeness (QED) is 0.785. The first-order valence-electron chi connectivity index (χ1n) is 9.43. The predicted octanol–water partition coefficient (Wildman–Crippen LogP) is 0.895. The molecule has 1 spiro atoms. The second kappa shape index (κ2) is 7.40. The van der Waals surface area contributed by atoms with Crippen LogP contribution in [0, 0.1) is 6.92 Å². The molecule has 0 radical (unpaired) electrons. The van der Waals surface area contributed by atoms with E-state index in [0.717, 1.165) is 31.6 Å². The standard InChI is InChI=1S/C18H26N6O3/c1-14-20-16(21-27-14)13-23-7-4-18(5-8-23)11-17(25)24(9-10-26-18)12-15-3-6-19-22(15)2/h3,6H,4-5,7-13H2,1-2H3. The number of likely N-dealkylation sites (tertiary alicyclic amines) is 1. The monoisotopic (exact) mass is 374 g/mol. The molecule has 2 aromatic rings. The van der Waals surface area contributed by atoms with Crippen LogP contribution in [0.25, 0.3) is 0 Å². The highest BCUT2D eigenvalue weighted by Crippen LogP contribution is 2.33. The summed E-state index contributed by atoms with van der Waals surface area (Å²) in [5.41, 5.74) is 0.687. The fraction of sp³-hybridized carbons (Fsp3) is 0.667. The Kier molecular flexibility index (Phi) is 4.96. The normalized spacial score (nSPS) is 21.0. The minimum Gasteiger partial charge on any atom is -0.373 e. The van der Waals surface area contributed by atoms with Gasteiger partial charge in [0.15, 0.2) is 5.82 Å². The van der Waals surface area contributed by atoms with Crippen molar-refractivity contribution in [1.82, 2.24) is 29.7 Å². The van der Waals surface area contributed by atoms with E-state index in [0.29, 0.717) is 44.4 Å². The fourth-order valence-corrected chi connectivity index (χ4v) is 3.90. The molecule has 9 nitrogen and oxygen atoms in total. The number of aryl methyl sites for hydroxylation is 2. The van der Waals surface area contributed by atoms with Crippen molar-refractivity contribution in [2.45, 2.75) is 44.9 Å². The summed E-state index contributed by atoms with van der Waals surface area (Å²) in [5, 5.41) is 8.15. The summed E-state index contributed by atoms with van der Waals surface area (Å²) >= 11 is 0. The zero-order valence-corrected chi connectivity index (χ0v) is 15.9. The van der Waals surface area contributed by atoms with Crippen LogP contribution in [0.5, 0.6) is 0 Å². The second-order valence-electron chi connectivity index (χ2n) is 7.48. The maximum absolute atomic E-state index is 12.9. The van der Waals surface area contributed by atoms with Crippen molar-refractivity contribution in [2.24, 2.45) is 7.05 Å². The van der Waals surface area contributed by atoms with Crippen molar-refractivity contribution >= 4 is 5.91 Å². The van der Waals surface area contributed by atoms with Gasteiger partial charge in [-0.25, -0.2) is 0 Å². The topological polar surface area (TPSA) is 89.5 Å². The largest absolute Gasteiger partial charge is 0.373 e. The highest BCUT2D eigenvalue weighted by atomic mass is 16.5. The van der Waals surface area contributed by atoms with Gasteiger partial charge in [-0.1, -0.05) is 5.16 Å². The summed E-state index contributed by atoms with van der Waals surface area (Å²) in [5.74, 6) is 1.46. The molecular formula is C18H26N6O3. The molecule has 4 heterocycles. The highest BCUT2D eigenvalue weighted by Gasteiger charge is 2.40. The number of hydrogen-bond acceptors (Lipinski definition) is 7. The fourth-order valence-electron chi connectivity index (χ4n) is 3.90.